The molecule has 0 aromatic heterocycles. The van der Waals surface area contributed by atoms with E-state index in [0.717, 1.165) is 38.3 Å². The van der Waals surface area contributed by atoms with Gasteiger partial charge in [0.1, 0.15) is 0 Å². The van der Waals surface area contributed by atoms with E-state index in [1.54, 1.807) is 0 Å². The average Bonchev–Trinajstić information content (AvgIpc) is 2.52. The maximum Gasteiger partial charge on any atom is 0.321 e. The lowest BCUT2D eigenvalue weighted by Gasteiger charge is -2.21. The number of urea groups is 1. The highest BCUT2D eigenvalue weighted by Crippen LogP contribution is 2.14. The molecular weight excluding hydrogens is 238 g/mol. The third-order valence-corrected chi connectivity index (χ3v) is 3.48. The first kappa shape index (κ1) is 13.9. The monoisotopic (exact) mass is 261 g/mol. The van der Waals surface area contributed by atoms with E-state index in [-0.39, 0.29) is 6.03 Å². The number of carbonyl (C=O) groups excluding carboxylic acids is 1. The molecule has 0 atom stereocenters. The summed E-state index contributed by atoms with van der Waals surface area (Å²) in [4.78, 5) is 16.4. The van der Waals surface area contributed by atoms with Crippen LogP contribution in [0, 0.1) is 13.8 Å². The first-order valence-corrected chi connectivity index (χ1v) is 6.87. The maximum atomic E-state index is 12.2. The molecule has 104 valence electrons. The van der Waals surface area contributed by atoms with Gasteiger partial charge in [-0.15, -0.1) is 0 Å². The van der Waals surface area contributed by atoms with Crippen LogP contribution in [0.5, 0.6) is 0 Å². The summed E-state index contributed by atoms with van der Waals surface area (Å²) in [5.74, 6) is 0. The molecule has 0 saturated carbocycles. The Labute approximate surface area is 115 Å². The van der Waals surface area contributed by atoms with Gasteiger partial charge >= 0.3 is 6.03 Å². The number of nitrogens with one attached hydrogen (secondary N) is 1. The zero-order valence-electron chi connectivity index (χ0n) is 12.1. The minimum Gasteiger partial charge on any atom is -0.323 e. The van der Waals surface area contributed by atoms with Crippen LogP contribution in [0.3, 0.4) is 0 Å². The van der Waals surface area contributed by atoms with Crippen LogP contribution < -0.4 is 5.32 Å². The summed E-state index contributed by atoms with van der Waals surface area (Å²) in [7, 11) is 2.10. The average molecular weight is 261 g/mol. The molecule has 0 bridgehead atoms. The first-order valence-electron chi connectivity index (χ1n) is 6.87. The lowest BCUT2D eigenvalue weighted by atomic mass is 10.1. The van der Waals surface area contributed by atoms with Crippen LogP contribution in [0.2, 0.25) is 0 Å². The van der Waals surface area contributed by atoms with Crippen molar-refractivity contribution in [3.63, 3.8) is 0 Å². The van der Waals surface area contributed by atoms with Gasteiger partial charge in [-0.3, -0.25) is 0 Å². The topological polar surface area (TPSA) is 35.6 Å². The van der Waals surface area contributed by atoms with Gasteiger partial charge in [0.25, 0.3) is 0 Å². The second-order valence-electron chi connectivity index (χ2n) is 5.45. The van der Waals surface area contributed by atoms with E-state index in [1.165, 1.54) is 11.1 Å². The predicted octanol–water partition coefficient (Wildman–Crippen LogP) is 2.47. The van der Waals surface area contributed by atoms with Crippen molar-refractivity contribution < 1.29 is 4.79 Å². The van der Waals surface area contributed by atoms with E-state index >= 15 is 0 Å². The largest absolute Gasteiger partial charge is 0.323 e. The molecule has 1 saturated heterocycles. The highest BCUT2D eigenvalue weighted by atomic mass is 16.2. The molecule has 1 N–H and O–H groups in total. The molecule has 2 amide bonds. The van der Waals surface area contributed by atoms with Gasteiger partial charge in [0.15, 0.2) is 0 Å². The number of hydrogen-bond donors (Lipinski definition) is 1. The van der Waals surface area contributed by atoms with Crippen molar-refractivity contribution in [1.82, 2.24) is 9.80 Å². The molecule has 4 nitrogen and oxygen atoms in total. The minimum atomic E-state index is 0.0142. The summed E-state index contributed by atoms with van der Waals surface area (Å²) in [6, 6.07) is 6.14. The summed E-state index contributed by atoms with van der Waals surface area (Å²) >= 11 is 0. The number of rotatable bonds is 1. The van der Waals surface area contributed by atoms with Gasteiger partial charge in [0.05, 0.1) is 0 Å². The van der Waals surface area contributed by atoms with Gasteiger partial charge in [-0.25, -0.2) is 4.79 Å². The fourth-order valence-electron chi connectivity index (χ4n) is 2.50. The molecule has 0 unspecified atom stereocenters. The van der Waals surface area contributed by atoms with Crippen LogP contribution in [0.15, 0.2) is 18.2 Å². The molecule has 1 aliphatic heterocycles. The Morgan fingerprint density at radius 1 is 1.05 bits per heavy atom. The number of nitrogens with zero attached hydrogens (tertiary/aromatic N) is 2. The van der Waals surface area contributed by atoms with Crippen molar-refractivity contribution in [3.8, 4) is 0 Å². The standard InChI is InChI=1S/C15H23N3O/c1-12-9-13(2)11-14(10-12)16-15(19)18-6-4-5-17(3)7-8-18/h9-11H,4-8H2,1-3H3,(H,16,19). The van der Waals surface area contributed by atoms with Crippen molar-refractivity contribution >= 4 is 11.7 Å². The van der Waals surface area contributed by atoms with Crippen molar-refractivity contribution in [2.45, 2.75) is 20.3 Å². The van der Waals surface area contributed by atoms with Gasteiger partial charge < -0.3 is 15.1 Å². The molecule has 4 heteroatoms. The Balaban J connectivity index is 2.00. The summed E-state index contributed by atoms with van der Waals surface area (Å²) in [6.07, 6.45) is 1.04. The Hall–Kier alpha value is -1.55. The molecule has 2 rings (SSSR count). The number of hydrogen-bond acceptors (Lipinski definition) is 2. The zero-order valence-corrected chi connectivity index (χ0v) is 12.1. The summed E-state index contributed by atoms with van der Waals surface area (Å²) < 4.78 is 0. The van der Waals surface area contributed by atoms with Crippen molar-refractivity contribution in [1.29, 1.82) is 0 Å². The zero-order chi connectivity index (χ0) is 13.8. The quantitative estimate of drug-likeness (QED) is 0.843. The van der Waals surface area contributed by atoms with Gasteiger partial charge in [0, 0.05) is 25.3 Å². The van der Waals surface area contributed by atoms with Crippen LogP contribution in [-0.2, 0) is 0 Å². The lowest BCUT2D eigenvalue weighted by Crippen LogP contribution is -2.37. The van der Waals surface area contributed by atoms with Crippen LogP contribution in [0.25, 0.3) is 0 Å². The highest BCUT2D eigenvalue weighted by molar-refractivity contribution is 5.89. The summed E-state index contributed by atoms with van der Waals surface area (Å²) in [6.45, 7) is 7.73. The number of amides is 2. The van der Waals surface area contributed by atoms with E-state index in [1.807, 2.05) is 30.9 Å². The Bertz CT molecular complexity index is 438. The number of aryl methyl sites for hydroxylation is 2. The third kappa shape index (κ3) is 3.96. The Morgan fingerprint density at radius 2 is 1.74 bits per heavy atom. The number of benzene rings is 1. The fraction of sp³-hybridized carbons (Fsp3) is 0.533. The van der Waals surface area contributed by atoms with Gasteiger partial charge in [-0.2, -0.15) is 0 Å². The van der Waals surface area contributed by atoms with Crippen LogP contribution in [0.1, 0.15) is 17.5 Å². The van der Waals surface area contributed by atoms with Crippen LogP contribution in [0.4, 0.5) is 10.5 Å². The molecule has 1 fully saturated rings. The van der Waals surface area contributed by atoms with Crippen molar-refractivity contribution in [2.75, 3.05) is 38.5 Å². The second kappa shape index (κ2) is 6.06. The maximum absolute atomic E-state index is 12.2. The van der Waals surface area contributed by atoms with Crippen LogP contribution in [-0.4, -0.2) is 49.1 Å². The molecule has 1 heterocycles. The predicted molar refractivity (Wildman–Crippen MR) is 78.6 cm³/mol. The van der Waals surface area contributed by atoms with E-state index in [9.17, 15) is 4.79 Å². The Kier molecular flexibility index (Phi) is 4.43. The molecule has 1 aliphatic rings. The van der Waals surface area contributed by atoms with Gasteiger partial charge in [0.2, 0.25) is 0 Å². The number of anilines is 1. The third-order valence-electron chi connectivity index (χ3n) is 3.48. The van der Waals surface area contributed by atoms with E-state index in [2.05, 4.69) is 23.3 Å². The summed E-state index contributed by atoms with van der Waals surface area (Å²) in [5.41, 5.74) is 3.23. The highest BCUT2D eigenvalue weighted by Gasteiger charge is 2.17. The molecule has 0 radical (unpaired) electrons. The molecule has 0 aliphatic carbocycles. The normalized spacial score (nSPS) is 17.1. The van der Waals surface area contributed by atoms with Gasteiger partial charge in [-0.1, -0.05) is 6.07 Å². The number of carbonyl (C=O) groups is 1. The Morgan fingerprint density at radius 3 is 2.42 bits per heavy atom. The second-order valence-corrected chi connectivity index (χ2v) is 5.45. The smallest absolute Gasteiger partial charge is 0.321 e. The van der Waals surface area contributed by atoms with Crippen molar-refractivity contribution in [2.24, 2.45) is 0 Å². The van der Waals surface area contributed by atoms with E-state index in [0.29, 0.717) is 0 Å². The fourth-order valence-corrected chi connectivity index (χ4v) is 2.50. The van der Waals surface area contributed by atoms with Crippen molar-refractivity contribution in [3.05, 3.63) is 29.3 Å². The van der Waals surface area contributed by atoms with Gasteiger partial charge in [-0.05, 0) is 57.1 Å². The molecule has 1 aromatic carbocycles. The molecular formula is C15H23N3O. The van der Waals surface area contributed by atoms with E-state index in [4.69, 9.17) is 0 Å². The lowest BCUT2D eigenvalue weighted by molar-refractivity contribution is 0.213. The van der Waals surface area contributed by atoms with E-state index < -0.39 is 0 Å². The minimum absolute atomic E-state index is 0.0142. The molecule has 19 heavy (non-hydrogen) atoms. The SMILES string of the molecule is Cc1cc(C)cc(NC(=O)N2CCCN(C)CC2)c1. The first-order chi connectivity index (χ1) is 9.04. The molecule has 0 spiro atoms. The number of likely N-dealkylation sites (N-methyl/N-ethyl adjacent to an activating group) is 1. The summed E-state index contributed by atoms with van der Waals surface area (Å²) in [5, 5.41) is 3.00. The molecule has 1 aromatic rings. The van der Waals surface area contributed by atoms with Crippen LogP contribution >= 0.6 is 0 Å².